The summed E-state index contributed by atoms with van der Waals surface area (Å²) in [6.45, 7) is 4.99. The topological polar surface area (TPSA) is 44.1 Å². The second-order valence-electron chi connectivity index (χ2n) is 5.99. The van der Waals surface area contributed by atoms with Crippen LogP contribution in [0.1, 0.15) is 32.3 Å². The summed E-state index contributed by atoms with van der Waals surface area (Å²) in [6.07, 6.45) is 2.68. The first-order chi connectivity index (χ1) is 9.61. The minimum absolute atomic E-state index is 0.00699. The smallest absolute Gasteiger partial charge is 0.240 e. The lowest BCUT2D eigenvalue weighted by Crippen LogP contribution is -2.40. The van der Waals surface area contributed by atoms with Crippen LogP contribution in [0.25, 0.3) is 0 Å². The van der Waals surface area contributed by atoms with Gasteiger partial charge in [0, 0.05) is 12.6 Å². The third-order valence-corrected chi connectivity index (χ3v) is 3.57. The van der Waals surface area contributed by atoms with Gasteiger partial charge in [0.15, 0.2) is 0 Å². The third-order valence-electron chi connectivity index (χ3n) is 3.57. The Labute approximate surface area is 121 Å². The van der Waals surface area contributed by atoms with Gasteiger partial charge in [0.25, 0.3) is 0 Å². The SMILES string of the molecule is CC(C)CN(C(=O)C(C#N)Cc1ccccc1)C1CC1. The van der Waals surface area contributed by atoms with Crippen LogP contribution in [0.5, 0.6) is 0 Å². The van der Waals surface area contributed by atoms with Crippen molar-refractivity contribution >= 4 is 5.91 Å². The predicted molar refractivity (Wildman–Crippen MR) is 78.8 cm³/mol. The zero-order valence-electron chi connectivity index (χ0n) is 12.2. The minimum atomic E-state index is -0.559. The van der Waals surface area contributed by atoms with E-state index in [0.29, 0.717) is 18.4 Å². The molecule has 0 heterocycles. The maximum Gasteiger partial charge on any atom is 0.240 e. The minimum Gasteiger partial charge on any atom is -0.338 e. The molecule has 3 nitrogen and oxygen atoms in total. The predicted octanol–water partition coefficient (Wildman–Crippen LogP) is 3.02. The largest absolute Gasteiger partial charge is 0.338 e. The van der Waals surface area contributed by atoms with Crippen LogP contribution in [-0.4, -0.2) is 23.4 Å². The molecule has 0 aliphatic heterocycles. The molecule has 0 bridgehead atoms. The van der Waals surface area contributed by atoms with Crippen LogP contribution in [0.15, 0.2) is 30.3 Å². The summed E-state index contributed by atoms with van der Waals surface area (Å²) in [5, 5.41) is 9.35. The fraction of sp³-hybridized carbons (Fsp3) is 0.529. The van der Waals surface area contributed by atoms with Crippen LogP contribution < -0.4 is 0 Å². The number of carbonyl (C=O) groups excluding carboxylic acids is 1. The third kappa shape index (κ3) is 3.84. The lowest BCUT2D eigenvalue weighted by atomic mass is 9.98. The summed E-state index contributed by atoms with van der Waals surface area (Å²) in [7, 11) is 0. The summed E-state index contributed by atoms with van der Waals surface area (Å²) in [5.74, 6) is -0.111. The fourth-order valence-corrected chi connectivity index (χ4v) is 2.44. The second kappa shape index (κ2) is 6.56. The number of hydrogen-bond acceptors (Lipinski definition) is 2. The number of carbonyl (C=O) groups is 1. The molecular formula is C17H22N2O. The van der Waals surface area contributed by atoms with E-state index in [0.717, 1.165) is 24.9 Å². The molecule has 0 saturated heterocycles. The molecule has 0 aromatic heterocycles. The van der Waals surface area contributed by atoms with Gasteiger partial charge in [0.1, 0.15) is 5.92 Å². The highest BCUT2D eigenvalue weighted by molar-refractivity contribution is 5.82. The molecule has 0 spiro atoms. The van der Waals surface area contributed by atoms with Crippen molar-refractivity contribution < 1.29 is 4.79 Å². The van der Waals surface area contributed by atoms with Gasteiger partial charge in [-0.05, 0) is 30.7 Å². The molecule has 1 amide bonds. The van der Waals surface area contributed by atoms with Crippen molar-refractivity contribution in [3.8, 4) is 6.07 Å². The number of hydrogen-bond donors (Lipinski definition) is 0. The lowest BCUT2D eigenvalue weighted by molar-refractivity contribution is -0.134. The monoisotopic (exact) mass is 270 g/mol. The molecule has 2 rings (SSSR count). The van der Waals surface area contributed by atoms with E-state index in [-0.39, 0.29) is 5.91 Å². The maximum absolute atomic E-state index is 12.6. The Morgan fingerprint density at radius 3 is 2.50 bits per heavy atom. The van der Waals surface area contributed by atoms with Crippen molar-refractivity contribution in [2.45, 2.75) is 39.2 Å². The first kappa shape index (κ1) is 14.6. The number of nitriles is 1. The molecule has 1 atom stereocenters. The maximum atomic E-state index is 12.6. The normalized spacial score (nSPS) is 15.7. The molecule has 1 aliphatic rings. The van der Waals surface area contributed by atoms with Crippen LogP contribution in [0.2, 0.25) is 0 Å². The Morgan fingerprint density at radius 2 is 2.00 bits per heavy atom. The Bertz CT molecular complexity index is 485. The zero-order valence-corrected chi connectivity index (χ0v) is 12.2. The molecule has 1 saturated carbocycles. The van der Waals surface area contributed by atoms with E-state index in [4.69, 9.17) is 0 Å². The number of nitrogens with zero attached hydrogens (tertiary/aromatic N) is 2. The summed E-state index contributed by atoms with van der Waals surface area (Å²) in [5.41, 5.74) is 1.05. The van der Waals surface area contributed by atoms with Crippen molar-refractivity contribution in [3.05, 3.63) is 35.9 Å². The first-order valence-corrected chi connectivity index (χ1v) is 7.36. The summed E-state index contributed by atoms with van der Waals surface area (Å²) in [6, 6.07) is 12.4. The molecule has 1 fully saturated rings. The highest BCUT2D eigenvalue weighted by Crippen LogP contribution is 2.29. The van der Waals surface area contributed by atoms with E-state index in [2.05, 4.69) is 19.9 Å². The van der Waals surface area contributed by atoms with Gasteiger partial charge < -0.3 is 4.90 Å². The Morgan fingerprint density at radius 1 is 1.35 bits per heavy atom. The van der Waals surface area contributed by atoms with Gasteiger partial charge >= 0.3 is 0 Å². The van der Waals surface area contributed by atoms with Crippen molar-refractivity contribution in [3.63, 3.8) is 0 Å². The van der Waals surface area contributed by atoms with Crippen molar-refractivity contribution in [2.75, 3.05) is 6.54 Å². The molecule has 1 aromatic rings. The van der Waals surface area contributed by atoms with Crippen molar-refractivity contribution in [2.24, 2.45) is 11.8 Å². The number of amides is 1. The Hall–Kier alpha value is -1.82. The van der Waals surface area contributed by atoms with Crippen molar-refractivity contribution in [1.29, 1.82) is 5.26 Å². The quantitative estimate of drug-likeness (QED) is 0.797. The van der Waals surface area contributed by atoms with Gasteiger partial charge in [-0.25, -0.2) is 0 Å². The summed E-state index contributed by atoms with van der Waals surface area (Å²) in [4.78, 5) is 14.5. The van der Waals surface area contributed by atoms with E-state index in [9.17, 15) is 10.1 Å². The standard InChI is InChI=1S/C17H22N2O/c1-13(2)12-19(16-8-9-16)17(20)15(11-18)10-14-6-4-3-5-7-14/h3-7,13,15-16H,8-10,12H2,1-2H3. The van der Waals surface area contributed by atoms with Crippen LogP contribution in [0, 0.1) is 23.2 Å². The molecule has 1 aromatic carbocycles. The van der Waals surface area contributed by atoms with Gasteiger partial charge in [-0.2, -0.15) is 5.26 Å². The zero-order chi connectivity index (χ0) is 14.5. The van der Waals surface area contributed by atoms with Crippen LogP contribution in [0.4, 0.5) is 0 Å². The average Bonchev–Trinajstić information content (AvgIpc) is 3.27. The van der Waals surface area contributed by atoms with Gasteiger partial charge in [0.05, 0.1) is 6.07 Å². The number of benzene rings is 1. The Kier molecular flexibility index (Phi) is 4.79. The Balaban J connectivity index is 2.05. The highest BCUT2D eigenvalue weighted by Gasteiger charge is 2.36. The van der Waals surface area contributed by atoms with E-state index in [1.54, 1.807) is 0 Å². The van der Waals surface area contributed by atoms with Gasteiger partial charge in [-0.15, -0.1) is 0 Å². The summed E-state index contributed by atoms with van der Waals surface area (Å²) >= 11 is 0. The molecule has 1 unspecified atom stereocenters. The molecule has 20 heavy (non-hydrogen) atoms. The average molecular weight is 270 g/mol. The van der Waals surface area contributed by atoms with Crippen LogP contribution in [0.3, 0.4) is 0 Å². The molecular weight excluding hydrogens is 248 g/mol. The van der Waals surface area contributed by atoms with Crippen LogP contribution in [-0.2, 0) is 11.2 Å². The highest BCUT2D eigenvalue weighted by atomic mass is 16.2. The second-order valence-corrected chi connectivity index (χ2v) is 5.99. The molecule has 1 aliphatic carbocycles. The molecule has 0 N–H and O–H groups in total. The molecule has 106 valence electrons. The first-order valence-electron chi connectivity index (χ1n) is 7.36. The van der Waals surface area contributed by atoms with Crippen LogP contribution >= 0.6 is 0 Å². The summed E-state index contributed by atoms with van der Waals surface area (Å²) < 4.78 is 0. The van der Waals surface area contributed by atoms with E-state index in [1.165, 1.54) is 0 Å². The van der Waals surface area contributed by atoms with Gasteiger partial charge in [-0.1, -0.05) is 44.2 Å². The van der Waals surface area contributed by atoms with E-state index < -0.39 is 5.92 Å². The molecule has 3 heteroatoms. The van der Waals surface area contributed by atoms with Gasteiger partial charge in [-0.3, -0.25) is 4.79 Å². The lowest BCUT2D eigenvalue weighted by Gasteiger charge is -2.26. The van der Waals surface area contributed by atoms with E-state index >= 15 is 0 Å². The van der Waals surface area contributed by atoms with Gasteiger partial charge in [0.2, 0.25) is 5.91 Å². The van der Waals surface area contributed by atoms with Crippen molar-refractivity contribution in [1.82, 2.24) is 4.90 Å². The molecule has 0 radical (unpaired) electrons. The van der Waals surface area contributed by atoms with E-state index in [1.807, 2.05) is 35.2 Å². The fourth-order valence-electron chi connectivity index (χ4n) is 2.44. The number of rotatable bonds is 6.